The van der Waals surface area contributed by atoms with E-state index in [9.17, 15) is 14.4 Å². The molecule has 0 saturated heterocycles. The molecule has 1 heterocycles. The van der Waals surface area contributed by atoms with Crippen LogP contribution < -0.4 is 20.1 Å². The number of hydrogen-bond donors (Lipinski definition) is 2. The monoisotopic (exact) mass is 410 g/mol. The molecule has 0 fully saturated rings. The van der Waals surface area contributed by atoms with Gasteiger partial charge in [-0.05, 0) is 36.3 Å². The number of rotatable bonds is 8. The fourth-order valence-electron chi connectivity index (χ4n) is 2.63. The van der Waals surface area contributed by atoms with Crippen molar-refractivity contribution in [3.05, 3.63) is 65.7 Å². The van der Waals surface area contributed by atoms with E-state index in [-0.39, 0.29) is 19.9 Å². The molecule has 1 atom stereocenters. The summed E-state index contributed by atoms with van der Waals surface area (Å²) in [6, 6.07) is 14.6. The molecule has 1 aliphatic heterocycles. The van der Waals surface area contributed by atoms with E-state index in [1.165, 1.54) is 13.0 Å². The Morgan fingerprint density at radius 3 is 2.63 bits per heavy atom. The van der Waals surface area contributed by atoms with Crippen LogP contribution in [0.15, 0.2) is 54.6 Å². The highest BCUT2D eigenvalue weighted by molar-refractivity contribution is 5.94. The van der Waals surface area contributed by atoms with Crippen LogP contribution in [0.2, 0.25) is 0 Å². The number of nitrogens with one attached hydrogen (secondary N) is 2. The van der Waals surface area contributed by atoms with Crippen LogP contribution in [0.3, 0.4) is 0 Å². The number of ether oxygens (including phenoxy) is 3. The number of esters is 1. The number of carbonyl (C=O) groups excluding carboxylic acids is 3. The van der Waals surface area contributed by atoms with Gasteiger partial charge in [-0.3, -0.25) is 14.4 Å². The molecule has 0 aromatic heterocycles. The third-order valence-corrected chi connectivity index (χ3v) is 4.21. The minimum Gasteiger partial charge on any atom is -0.454 e. The lowest BCUT2D eigenvalue weighted by Gasteiger charge is -2.14. The van der Waals surface area contributed by atoms with Gasteiger partial charge in [-0.15, -0.1) is 0 Å². The first-order valence-electron chi connectivity index (χ1n) is 9.38. The summed E-state index contributed by atoms with van der Waals surface area (Å²) in [5.74, 6) is -0.305. The number of amides is 2. The molecule has 30 heavy (non-hydrogen) atoms. The Bertz CT molecular complexity index is 942. The van der Waals surface area contributed by atoms with Crippen molar-refractivity contribution in [3.8, 4) is 11.5 Å². The molecule has 0 radical (unpaired) electrons. The topological polar surface area (TPSA) is 103 Å². The van der Waals surface area contributed by atoms with Crippen molar-refractivity contribution in [2.75, 3.05) is 13.3 Å². The molecular weight excluding hydrogens is 388 g/mol. The second kappa shape index (κ2) is 10.1. The van der Waals surface area contributed by atoms with Gasteiger partial charge < -0.3 is 24.8 Å². The van der Waals surface area contributed by atoms with Crippen molar-refractivity contribution in [3.63, 3.8) is 0 Å². The van der Waals surface area contributed by atoms with E-state index in [0.717, 1.165) is 11.1 Å². The highest BCUT2D eigenvalue weighted by Crippen LogP contribution is 2.32. The Labute approximate surface area is 173 Å². The van der Waals surface area contributed by atoms with Crippen molar-refractivity contribution < 1.29 is 28.6 Å². The summed E-state index contributed by atoms with van der Waals surface area (Å²) in [6.45, 7) is 1.55. The zero-order valence-corrected chi connectivity index (χ0v) is 16.4. The van der Waals surface area contributed by atoms with Crippen molar-refractivity contribution in [2.45, 2.75) is 19.6 Å². The first kappa shape index (κ1) is 20.9. The SMILES string of the molecule is C[C@H](OC(=O)CNC(=O)/C=C/c1ccccc1)C(=O)NCc1ccc2c(c1)OCO2. The zero-order chi connectivity index (χ0) is 21.3. The van der Waals surface area contributed by atoms with Crippen LogP contribution in [0.25, 0.3) is 6.08 Å². The second-order valence-electron chi connectivity index (χ2n) is 6.50. The van der Waals surface area contributed by atoms with E-state index in [0.29, 0.717) is 11.5 Å². The zero-order valence-electron chi connectivity index (χ0n) is 16.4. The number of carbonyl (C=O) groups is 3. The summed E-state index contributed by atoms with van der Waals surface area (Å²) in [6.07, 6.45) is 1.96. The normalized spacial score (nSPS) is 13.0. The van der Waals surface area contributed by atoms with E-state index in [2.05, 4.69) is 10.6 Å². The van der Waals surface area contributed by atoms with E-state index in [1.807, 2.05) is 36.4 Å². The van der Waals surface area contributed by atoms with Gasteiger partial charge in [0.15, 0.2) is 17.6 Å². The molecule has 2 aromatic carbocycles. The molecule has 0 aliphatic carbocycles. The van der Waals surface area contributed by atoms with Crippen molar-refractivity contribution in [1.82, 2.24) is 10.6 Å². The highest BCUT2D eigenvalue weighted by atomic mass is 16.7. The summed E-state index contributed by atoms with van der Waals surface area (Å²) < 4.78 is 15.6. The lowest BCUT2D eigenvalue weighted by atomic mass is 10.2. The average molecular weight is 410 g/mol. The molecule has 2 N–H and O–H groups in total. The molecule has 0 bridgehead atoms. The van der Waals surface area contributed by atoms with E-state index >= 15 is 0 Å². The Hall–Kier alpha value is -3.81. The van der Waals surface area contributed by atoms with Gasteiger partial charge in [0.05, 0.1) is 0 Å². The largest absolute Gasteiger partial charge is 0.454 e. The molecule has 0 spiro atoms. The van der Waals surface area contributed by atoms with Crippen LogP contribution in [0.1, 0.15) is 18.1 Å². The molecular formula is C22H22N2O6. The fraction of sp³-hybridized carbons (Fsp3) is 0.227. The minimum absolute atomic E-state index is 0.177. The molecule has 3 rings (SSSR count). The predicted octanol–water partition coefficient (Wildman–Crippen LogP) is 1.79. The van der Waals surface area contributed by atoms with Gasteiger partial charge in [0.2, 0.25) is 12.7 Å². The predicted molar refractivity (Wildman–Crippen MR) is 108 cm³/mol. The van der Waals surface area contributed by atoms with Crippen LogP contribution >= 0.6 is 0 Å². The fourth-order valence-corrected chi connectivity index (χ4v) is 2.63. The summed E-state index contributed by atoms with van der Waals surface area (Å²) >= 11 is 0. The Morgan fingerprint density at radius 2 is 1.83 bits per heavy atom. The second-order valence-corrected chi connectivity index (χ2v) is 6.50. The van der Waals surface area contributed by atoms with Crippen LogP contribution in [-0.2, 0) is 25.7 Å². The van der Waals surface area contributed by atoms with Crippen molar-refractivity contribution in [2.24, 2.45) is 0 Å². The van der Waals surface area contributed by atoms with E-state index < -0.39 is 23.9 Å². The molecule has 8 heteroatoms. The van der Waals surface area contributed by atoms with Crippen LogP contribution in [-0.4, -0.2) is 37.2 Å². The smallest absolute Gasteiger partial charge is 0.326 e. The maximum Gasteiger partial charge on any atom is 0.326 e. The Balaban J connectivity index is 1.37. The van der Waals surface area contributed by atoms with E-state index in [1.54, 1.807) is 18.2 Å². The van der Waals surface area contributed by atoms with Crippen LogP contribution in [0.4, 0.5) is 0 Å². The van der Waals surface area contributed by atoms with Gasteiger partial charge in [-0.1, -0.05) is 36.4 Å². The summed E-state index contributed by atoms with van der Waals surface area (Å²) in [7, 11) is 0. The van der Waals surface area contributed by atoms with Gasteiger partial charge in [-0.25, -0.2) is 0 Å². The molecule has 0 unspecified atom stereocenters. The lowest BCUT2D eigenvalue weighted by molar-refractivity contribution is -0.154. The van der Waals surface area contributed by atoms with Crippen molar-refractivity contribution >= 4 is 23.9 Å². The maximum atomic E-state index is 12.1. The first-order valence-corrected chi connectivity index (χ1v) is 9.38. The molecule has 156 valence electrons. The third kappa shape index (κ3) is 6.10. The van der Waals surface area contributed by atoms with Gasteiger partial charge >= 0.3 is 5.97 Å². The average Bonchev–Trinajstić information content (AvgIpc) is 3.23. The molecule has 1 aliphatic rings. The summed E-state index contributed by atoms with van der Waals surface area (Å²) in [5, 5.41) is 5.11. The van der Waals surface area contributed by atoms with Gasteiger partial charge in [0.1, 0.15) is 6.54 Å². The number of fused-ring (bicyclic) bond motifs is 1. The quantitative estimate of drug-likeness (QED) is 0.508. The van der Waals surface area contributed by atoms with E-state index in [4.69, 9.17) is 14.2 Å². The third-order valence-electron chi connectivity index (χ3n) is 4.21. The highest BCUT2D eigenvalue weighted by Gasteiger charge is 2.18. The number of hydrogen-bond acceptors (Lipinski definition) is 6. The molecule has 2 amide bonds. The molecule has 8 nitrogen and oxygen atoms in total. The first-order chi connectivity index (χ1) is 14.5. The summed E-state index contributed by atoms with van der Waals surface area (Å²) in [5.41, 5.74) is 1.69. The maximum absolute atomic E-state index is 12.1. The standard InChI is InChI=1S/C22H22N2O6/c1-15(22(27)24-12-17-7-9-18-19(11-17)29-14-28-18)30-21(26)13-23-20(25)10-8-16-5-3-2-4-6-16/h2-11,15H,12-14H2,1H3,(H,23,25)(H,24,27)/b10-8+/t15-/m0/s1. The van der Waals surface area contributed by atoms with Crippen molar-refractivity contribution in [1.29, 1.82) is 0 Å². The van der Waals surface area contributed by atoms with Gasteiger partial charge in [0.25, 0.3) is 5.91 Å². The van der Waals surface area contributed by atoms with Gasteiger partial charge in [0, 0.05) is 12.6 Å². The lowest BCUT2D eigenvalue weighted by Crippen LogP contribution is -2.38. The molecule has 2 aromatic rings. The Kier molecular flexibility index (Phi) is 7.05. The Morgan fingerprint density at radius 1 is 1.07 bits per heavy atom. The van der Waals surface area contributed by atoms with Crippen LogP contribution in [0, 0.1) is 0 Å². The number of benzene rings is 2. The van der Waals surface area contributed by atoms with Gasteiger partial charge in [-0.2, -0.15) is 0 Å². The summed E-state index contributed by atoms with van der Waals surface area (Å²) in [4.78, 5) is 35.8. The minimum atomic E-state index is -0.997. The van der Waals surface area contributed by atoms with Crippen LogP contribution in [0.5, 0.6) is 11.5 Å². The molecule has 0 saturated carbocycles.